The van der Waals surface area contributed by atoms with E-state index in [2.05, 4.69) is 24.8 Å². The Bertz CT molecular complexity index is 1940. The largest absolute Gasteiger partial charge is 0.465 e. The molecule has 0 saturated carbocycles. The maximum Gasteiger partial charge on any atom is 0.315 e. The van der Waals surface area contributed by atoms with E-state index in [-0.39, 0.29) is 6.61 Å². The zero-order valence-corrected chi connectivity index (χ0v) is 26.3. The highest BCUT2D eigenvalue weighted by molar-refractivity contribution is 6.31. The second-order valence-corrected chi connectivity index (χ2v) is 11.5. The molecule has 3 aromatic heterocycles. The van der Waals surface area contributed by atoms with Gasteiger partial charge in [-0.15, -0.1) is 0 Å². The van der Waals surface area contributed by atoms with Gasteiger partial charge in [0.2, 0.25) is 0 Å². The minimum Gasteiger partial charge on any atom is -0.465 e. The van der Waals surface area contributed by atoms with Crippen molar-refractivity contribution in [2.45, 2.75) is 39.2 Å². The van der Waals surface area contributed by atoms with E-state index in [1.54, 1.807) is 49.8 Å². The van der Waals surface area contributed by atoms with Crippen molar-refractivity contribution in [1.29, 1.82) is 0 Å². The molecule has 0 spiro atoms. The van der Waals surface area contributed by atoms with Gasteiger partial charge in [-0.25, -0.2) is 9.97 Å². The minimum absolute atomic E-state index is 0.218. The van der Waals surface area contributed by atoms with E-state index < -0.39 is 23.7 Å². The summed E-state index contributed by atoms with van der Waals surface area (Å²) < 4.78 is 8.05. The molecule has 232 valence electrons. The van der Waals surface area contributed by atoms with Crippen LogP contribution in [0.2, 0.25) is 5.02 Å². The van der Waals surface area contributed by atoms with Crippen LogP contribution in [-0.4, -0.2) is 43.7 Å². The van der Waals surface area contributed by atoms with Crippen molar-refractivity contribution in [3.05, 3.63) is 125 Å². The number of hydrogen-bond acceptors (Lipinski definition) is 7. The summed E-state index contributed by atoms with van der Waals surface area (Å²) in [6.07, 6.45) is 6.54. The van der Waals surface area contributed by atoms with Crippen molar-refractivity contribution >= 4 is 51.7 Å². The Balaban J connectivity index is 1.29. The lowest BCUT2D eigenvalue weighted by molar-refractivity contribution is -0.146. The predicted molar refractivity (Wildman–Crippen MR) is 179 cm³/mol. The summed E-state index contributed by atoms with van der Waals surface area (Å²) in [6, 6.07) is 23.9. The van der Waals surface area contributed by atoms with E-state index in [1.807, 2.05) is 61.5 Å². The first-order valence-corrected chi connectivity index (χ1v) is 15.5. The summed E-state index contributed by atoms with van der Waals surface area (Å²) >= 11 is 6.78. The van der Waals surface area contributed by atoms with Crippen LogP contribution in [0.3, 0.4) is 0 Å². The summed E-state index contributed by atoms with van der Waals surface area (Å²) in [4.78, 5) is 46.0. The number of imidazole rings is 1. The van der Waals surface area contributed by atoms with Crippen molar-refractivity contribution in [3.63, 3.8) is 0 Å². The molecule has 2 atom stereocenters. The maximum absolute atomic E-state index is 14.2. The molecule has 0 fully saturated rings. The molecule has 6 rings (SSSR count). The normalized spacial score (nSPS) is 16.3. The topological polar surface area (TPSA) is 111 Å². The second kappa shape index (κ2) is 13.9. The molecule has 1 aliphatic heterocycles. The molecular formula is C36H33ClN6O3. The van der Waals surface area contributed by atoms with Crippen molar-refractivity contribution in [2.75, 3.05) is 11.9 Å². The molecule has 5 aromatic rings. The van der Waals surface area contributed by atoms with Gasteiger partial charge in [0.15, 0.2) is 0 Å². The SMILES string of the molecule is CC1=NC(c2ccccc2)=C(C(=O)Nc2ccccn2)C(c2ccccc2Cl)C1C(=O)OCCCCn1c(C)nc2cnccc21. The van der Waals surface area contributed by atoms with Crippen molar-refractivity contribution in [2.24, 2.45) is 10.9 Å². The van der Waals surface area contributed by atoms with Gasteiger partial charge in [0.25, 0.3) is 5.91 Å². The average molecular weight is 633 g/mol. The smallest absolute Gasteiger partial charge is 0.315 e. The molecule has 1 N–H and O–H groups in total. The number of amides is 1. The fourth-order valence-corrected chi connectivity index (χ4v) is 6.19. The molecule has 0 radical (unpaired) electrons. The van der Waals surface area contributed by atoms with Crippen LogP contribution in [-0.2, 0) is 20.9 Å². The highest BCUT2D eigenvalue weighted by atomic mass is 35.5. The predicted octanol–water partition coefficient (Wildman–Crippen LogP) is 7.04. The summed E-state index contributed by atoms with van der Waals surface area (Å²) in [7, 11) is 0. The Morgan fingerprint density at radius 2 is 1.72 bits per heavy atom. The number of ether oxygens (including phenoxy) is 1. The van der Waals surface area contributed by atoms with Crippen LogP contribution in [0, 0.1) is 12.8 Å². The van der Waals surface area contributed by atoms with Gasteiger partial charge in [-0.3, -0.25) is 19.6 Å². The van der Waals surface area contributed by atoms with E-state index in [0.29, 0.717) is 39.8 Å². The zero-order chi connectivity index (χ0) is 32.0. The van der Waals surface area contributed by atoms with Gasteiger partial charge < -0.3 is 14.6 Å². The third kappa shape index (κ3) is 6.46. The number of esters is 1. The van der Waals surface area contributed by atoms with Crippen molar-refractivity contribution in [1.82, 2.24) is 19.5 Å². The Morgan fingerprint density at radius 3 is 2.50 bits per heavy atom. The number of carbonyl (C=O) groups is 2. The number of pyridine rings is 2. The third-order valence-corrected chi connectivity index (χ3v) is 8.44. The first kappa shape index (κ1) is 30.9. The van der Waals surface area contributed by atoms with Gasteiger partial charge in [-0.2, -0.15) is 0 Å². The highest BCUT2D eigenvalue weighted by Gasteiger charge is 2.43. The van der Waals surface area contributed by atoms with E-state index >= 15 is 0 Å². The lowest BCUT2D eigenvalue weighted by Gasteiger charge is -2.33. The number of nitrogens with one attached hydrogen (secondary N) is 1. The van der Waals surface area contributed by atoms with Gasteiger partial charge in [-0.1, -0.05) is 66.2 Å². The number of hydrogen-bond donors (Lipinski definition) is 1. The Hall–Kier alpha value is -5.15. The summed E-state index contributed by atoms with van der Waals surface area (Å²) in [6.45, 7) is 4.72. The number of aliphatic imine (C=N–C) groups is 1. The van der Waals surface area contributed by atoms with Gasteiger partial charge in [0.1, 0.15) is 23.1 Å². The fraction of sp³-hybridized carbons (Fsp3) is 0.222. The molecule has 1 aliphatic rings. The molecule has 0 saturated heterocycles. The molecular weight excluding hydrogens is 600 g/mol. The fourth-order valence-electron chi connectivity index (χ4n) is 5.93. The number of halogens is 1. The van der Waals surface area contributed by atoms with E-state index in [1.165, 1.54) is 0 Å². The molecule has 4 heterocycles. The van der Waals surface area contributed by atoms with Crippen LogP contribution in [0.25, 0.3) is 16.7 Å². The van der Waals surface area contributed by atoms with Crippen LogP contribution in [0.5, 0.6) is 0 Å². The lowest BCUT2D eigenvalue weighted by atomic mass is 9.74. The molecule has 0 bridgehead atoms. The Labute approximate surface area is 272 Å². The van der Waals surface area contributed by atoms with Gasteiger partial charge in [-0.05, 0) is 56.5 Å². The van der Waals surface area contributed by atoms with Gasteiger partial charge in [0, 0.05) is 41.2 Å². The number of carbonyl (C=O) groups excluding carboxylic acids is 2. The number of rotatable bonds is 10. The summed E-state index contributed by atoms with van der Waals surface area (Å²) in [5.74, 6) is -1.22. The number of benzene rings is 2. The van der Waals surface area contributed by atoms with E-state index in [4.69, 9.17) is 21.3 Å². The summed E-state index contributed by atoms with van der Waals surface area (Å²) in [5.41, 5.74) is 4.59. The van der Waals surface area contributed by atoms with Crippen molar-refractivity contribution in [3.8, 4) is 0 Å². The molecule has 2 aromatic carbocycles. The van der Waals surface area contributed by atoms with Gasteiger partial charge in [0.05, 0.1) is 29.6 Å². The molecule has 10 heteroatoms. The number of aryl methyl sites for hydroxylation is 2. The van der Waals surface area contributed by atoms with Crippen molar-refractivity contribution < 1.29 is 14.3 Å². The van der Waals surface area contributed by atoms with Crippen LogP contribution in [0.4, 0.5) is 5.82 Å². The number of nitrogens with zero attached hydrogens (tertiary/aromatic N) is 5. The second-order valence-electron chi connectivity index (χ2n) is 11.1. The van der Waals surface area contributed by atoms with E-state index in [9.17, 15) is 9.59 Å². The molecule has 1 amide bonds. The minimum atomic E-state index is -0.871. The molecule has 2 unspecified atom stereocenters. The Kier molecular flexibility index (Phi) is 9.30. The standard InChI is InChI=1S/C36H33ClN6O3/c1-23-31(36(45)46-21-11-10-20-43-24(2)41-28-22-38-19-17-29(28)43)32(26-14-6-7-15-27(26)37)33(34(40-23)25-12-4-3-5-13-25)35(44)42-30-16-8-9-18-39-30/h3-9,12-19,22,31-32H,10-11,20-21H2,1-2H3,(H,39,42,44). The molecule has 9 nitrogen and oxygen atoms in total. The number of unbranched alkanes of at least 4 members (excludes halogenated alkanes) is 1. The van der Waals surface area contributed by atoms with Crippen LogP contribution >= 0.6 is 11.6 Å². The van der Waals surface area contributed by atoms with E-state index in [0.717, 1.165) is 35.4 Å². The number of aromatic nitrogens is 4. The first-order valence-electron chi connectivity index (χ1n) is 15.2. The van der Waals surface area contributed by atoms with Crippen LogP contribution in [0.15, 0.2) is 108 Å². The van der Waals surface area contributed by atoms with Crippen LogP contribution in [0.1, 0.15) is 42.6 Å². The maximum atomic E-state index is 14.2. The monoisotopic (exact) mass is 632 g/mol. The molecule has 46 heavy (non-hydrogen) atoms. The quantitative estimate of drug-likeness (QED) is 0.131. The first-order chi connectivity index (χ1) is 22.4. The lowest BCUT2D eigenvalue weighted by Crippen LogP contribution is -2.37. The number of fused-ring (bicyclic) bond motifs is 1. The van der Waals surface area contributed by atoms with Crippen LogP contribution < -0.4 is 5.32 Å². The summed E-state index contributed by atoms with van der Waals surface area (Å²) in [5, 5.41) is 3.35. The third-order valence-electron chi connectivity index (χ3n) is 8.09. The average Bonchev–Trinajstić information content (AvgIpc) is 3.39. The highest BCUT2D eigenvalue weighted by Crippen LogP contribution is 2.45. The Morgan fingerprint density at radius 1 is 0.935 bits per heavy atom. The zero-order valence-electron chi connectivity index (χ0n) is 25.6. The van der Waals surface area contributed by atoms with Gasteiger partial charge >= 0.3 is 5.97 Å². The molecule has 0 aliphatic carbocycles. The number of anilines is 1.